The Morgan fingerprint density at radius 2 is 0.615 bits per heavy atom. The van der Waals surface area contributed by atoms with E-state index in [4.69, 9.17) is 68.9 Å². The van der Waals surface area contributed by atoms with Crippen LogP contribution in [0.3, 0.4) is 0 Å². The maximum atomic E-state index is 12.4. The molecule has 24 nitrogen and oxygen atoms in total. The van der Waals surface area contributed by atoms with Crippen LogP contribution in [0.1, 0.15) is 222 Å². The van der Waals surface area contributed by atoms with E-state index in [0.717, 1.165) is 32.1 Å². The Bertz CT molecular complexity index is 2380. The molecule has 0 aromatic heterocycles. The third kappa shape index (κ3) is 57.0. The summed E-state index contributed by atoms with van der Waals surface area (Å²) in [5.41, 5.74) is 0. The van der Waals surface area contributed by atoms with Gasteiger partial charge in [0.1, 0.15) is 0 Å². The van der Waals surface area contributed by atoms with E-state index in [2.05, 4.69) is 13.3 Å². The van der Waals surface area contributed by atoms with Crippen LogP contribution < -0.4 is 0 Å². The Kier molecular flexibility index (Phi) is 67.7. The van der Waals surface area contributed by atoms with Gasteiger partial charge in [-0.05, 0) is 194 Å². The second kappa shape index (κ2) is 60.2. The molecular formula is C71H147Ba4O24P5. The third-order valence-electron chi connectivity index (χ3n) is 15.8. The zero-order chi connectivity index (χ0) is 76.7. The number of hydrogen-bond donors (Lipinski definition) is 4. The Hall–Kier alpha value is 6.68. The van der Waals surface area contributed by atoms with Crippen molar-refractivity contribution in [1.82, 2.24) is 0 Å². The van der Waals surface area contributed by atoms with Gasteiger partial charge in [0.2, 0.25) is 0 Å². The minimum absolute atomic E-state index is 0. The predicted octanol–water partition coefficient (Wildman–Crippen LogP) is 15.5. The fraction of sp³-hybridized carbons (Fsp3) is 0.944. The van der Waals surface area contributed by atoms with Crippen LogP contribution in [0, 0.1) is 61.2 Å². The molecule has 0 saturated heterocycles. The number of hydrogen-bond acceptors (Lipinski definition) is 24. The summed E-state index contributed by atoms with van der Waals surface area (Å²) in [4.78, 5) is 0. The summed E-state index contributed by atoms with van der Waals surface area (Å²) in [5, 5.41) is 39.9. The van der Waals surface area contributed by atoms with Gasteiger partial charge in [-0.3, -0.25) is 35.7 Å². The van der Waals surface area contributed by atoms with Gasteiger partial charge in [-0.15, -0.1) is 0 Å². The average Bonchev–Trinajstić information content (AvgIpc) is 0.837. The van der Waals surface area contributed by atoms with E-state index in [1.54, 1.807) is 6.66 Å². The van der Waals surface area contributed by atoms with Gasteiger partial charge in [0.15, 0.2) is 0 Å². The van der Waals surface area contributed by atoms with Crippen LogP contribution >= 0.6 is 38.0 Å². The number of aliphatic hydroxyl groups excluding tert-OH is 4. The van der Waals surface area contributed by atoms with Crippen molar-refractivity contribution in [3.63, 3.8) is 0 Å². The van der Waals surface area contributed by atoms with E-state index < -0.39 is 74.6 Å². The van der Waals surface area contributed by atoms with Gasteiger partial charge >= 0.3 is 234 Å². The second-order valence-electron chi connectivity index (χ2n) is 30.5. The minimum atomic E-state index is -3.17. The maximum Gasteiger partial charge on any atom is 2.00 e. The molecule has 0 radical (unpaired) electrons. The predicted molar refractivity (Wildman–Crippen MR) is 425 cm³/mol. The molecule has 5 fully saturated rings. The van der Waals surface area contributed by atoms with Crippen molar-refractivity contribution in [3.8, 4) is 0 Å². The normalized spacial score (nSPS) is 29.5. The van der Waals surface area contributed by atoms with E-state index in [9.17, 15) is 43.3 Å². The van der Waals surface area contributed by atoms with Crippen molar-refractivity contribution in [3.05, 3.63) is 25.7 Å². The molecule has 4 N–H and O–H groups in total. The van der Waals surface area contributed by atoms with Crippen LogP contribution in [0.15, 0.2) is 0 Å². The van der Waals surface area contributed by atoms with Crippen LogP contribution in [-0.2, 0) is 91.7 Å². The van der Waals surface area contributed by atoms with Gasteiger partial charge in [0, 0.05) is 65.7 Å². The quantitative estimate of drug-likeness (QED) is 0.0260. The first-order chi connectivity index (χ1) is 46.0. The molecule has 20 unspecified atom stereocenters. The molecule has 5 aliphatic carbocycles. The molecule has 5 rings (SSSR count). The van der Waals surface area contributed by atoms with E-state index in [-0.39, 0.29) is 310 Å². The van der Waals surface area contributed by atoms with Crippen LogP contribution in [0.5, 0.6) is 0 Å². The van der Waals surface area contributed by atoms with Crippen LogP contribution in [0.25, 0.3) is 0 Å². The first kappa shape index (κ1) is 117. The standard InChI is InChI=1S/C15H31O5P.3C14H28O5P.C14H28O4P.4Ba.4H/c1-10(2)18-9-13-7-12(5)8-14(16)15(13)20-21(6,17)19-11(3)4;2*1-10(2)17-9-12-6-7-13(15)8-14(12)19-20(5,16)18-11(3)4;1-10(2)17-9-12-7-6-8-13(15)14(12)19-20(5,16)18-11(3)4;1-11(2)16-10-13-8-6-7-9-14(13)18-19(5,15)17-12(3)4;;;;;;;;/h10-16H,7-9H2,1-6H3;2*7,10-15H,6,8-9H2,1-5H3;6,10-15H,7-9H2,1-5H3;6,11-14H,7-10H2,1-5H3;;;;;;;;/q;4*-1;4*+2;4*-1. The molecule has 608 valence electrons. The van der Waals surface area contributed by atoms with Crippen molar-refractivity contribution >= 4 is 234 Å². The van der Waals surface area contributed by atoms with Crippen LogP contribution in [0.2, 0.25) is 0 Å². The minimum Gasteiger partial charge on any atom is -1.00 e. The molecule has 20 atom stereocenters. The Morgan fingerprint density at radius 1 is 0.337 bits per heavy atom. The average molecular weight is 2090 g/mol. The zero-order valence-corrected chi connectivity index (χ0v) is 91.3. The van der Waals surface area contributed by atoms with Gasteiger partial charge in [-0.1, -0.05) is 25.6 Å². The maximum absolute atomic E-state index is 12.4. The molecule has 0 aromatic carbocycles. The Balaban J connectivity index is -0.000000189. The van der Waals surface area contributed by atoms with Gasteiger partial charge in [-0.2, -0.15) is 38.5 Å². The largest absolute Gasteiger partial charge is 2.00 e. The SMILES string of the molecule is CC(C)OCC1C[CH-]C(O)CC1OP(C)(=O)OC(C)C.CC(C)OCC1C[CH-]C(O)CC1OP(C)(=O)OC(C)C.CC(C)OCC1C[CH-]CC(O)C1OP(C)(=O)OC(C)C.CC(C)OCC1C[CH-]CCC1OP(C)(=O)OC(C)C.CC1CC(O)C(OP(C)(=O)OC(C)C)C(COC(C)C)C1.[Ba+2].[Ba+2].[Ba+2].[Ba+2].[H-].[H-].[H-].[H-]. The monoisotopic (exact) mass is 2090 g/mol. The van der Waals surface area contributed by atoms with E-state index in [0.29, 0.717) is 77.5 Å². The fourth-order valence-electron chi connectivity index (χ4n) is 12.1. The number of rotatable bonds is 35. The molecule has 0 bridgehead atoms. The summed E-state index contributed by atoms with van der Waals surface area (Å²) < 4.78 is 145. The molecular weight excluding hydrogens is 1940 g/mol. The molecule has 0 heterocycles. The molecule has 5 aliphatic rings. The topological polar surface area (TPSA) is 305 Å². The van der Waals surface area contributed by atoms with Crippen LogP contribution in [0.4, 0.5) is 0 Å². The van der Waals surface area contributed by atoms with Crippen LogP contribution in [-0.4, -0.2) is 398 Å². The van der Waals surface area contributed by atoms with Gasteiger partial charge in [-0.25, -0.2) is 0 Å². The summed E-state index contributed by atoms with van der Waals surface area (Å²) in [6, 6.07) is 0. The van der Waals surface area contributed by atoms with Crippen molar-refractivity contribution in [2.45, 2.75) is 332 Å². The molecule has 0 aliphatic heterocycles. The van der Waals surface area contributed by atoms with Crippen molar-refractivity contribution in [2.75, 3.05) is 66.4 Å². The third-order valence-corrected chi connectivity index (χ3v) is 23.1. The molecule has 0 spiro atoms. The zero-order valence-electron chi connectivity index (χ0n) is 73.1. The summed E-state index contributed by atoms with van der Waals surface area (Å²) in [6.07, 6.45) is 12.1. The molecule has 0 amide bonds. The number of aliphatic hydroxyl groups is 4. The van der Waals surface area contributed by atoms with E-state index in [1.807, 2.05) is 158 Å². The van der Waals surface area contributed by atoms with Gasteiger partial charge in [0.05, 0.1) is 110 Å². The summed E-state index contributed by atoms with van der Waals surface area (Å²) in [7, 11) is -15.5. The first-order valence-electron chi connectivity index (χ1n) is 36.8. The van der Waals surface area contributed by atoms with Gasteiger partial charge < -0.3 is 108 Å². The van der Waals surface area contributed by atoms with E-state index >= 15 is 0 Å². The second-order valence-corrected chi connectivity index (χ2v) is 40.4. The van der Waals surface area contributed by atoms with Gasteiger partial charge in [0.25, 0.3) is 0 Å². The molecule has 33 heteroatoms. The van der Waals surface area contributed by atoms with E-state index in [1.165, 1.54) is 26.7 Å². The van der Waals surface area contributed by atoms with Crippen molar-refractivity contribution in [1.29, 1.82) is 0 Å². The molecule has 0 aromatic rings. The molecule has 104 heavy (non-hydrogen) atoms. The fourth-order valence-corrected chi connectivity index (χ4v) is 19.9. The first-order valence-corrected chi connectivity index (χ1v) is 46.8. The number of ether oxygens (including phenoxy) is 5. The summed E-state index contributed by atoms with van der Waals surface area (Å²) in [5.74, 6) is 0.929. The summed E-state index contributed by atoms with van der Waals surface area (Å²) in [6.45, 7) is 50.4. The Labute approximate surface area is 799 Å². The smallest absolute Gasteiger partial charge is 1.00 e. The Morgan fingerprint density at radius 3 is 0.942 bits per heavy atom. The van der Waals surface area contributed by atoms with Crippen molar-refractivity contribution < 1.29 is 118 Å². The molecule has 5 saturated carbocycles. The van der Waals surface area contributed by atoms with Crippen molar-refractivity contribution in [2.24, 2.45) is 35.5 Å². The summed E-state index contributed by atoms with van der Waals surface area (Å²) >= 11 is 0.